The van der Waals surface area contributed by atoms with E-state index in [1.54, 1.807) is 4.68 Å². The van der Waals surface area contributed by atoms with Gasteiger partial charge in [-0.25, -0.2) is 17.5 Å². The van der Waals surface area contributed by atoms with Crippen molar-refractivity contribution in [3.05, 3.63) is 18.0 Å². The van der Waals surface area contributed by atoms with Crippen molar-refractivity contribution < 1.29 is 18.3 Å². The third-order valence-electron chi connectivity index (χ3n) is 3.37. The summed E-state index contributed by atoms with van der Waals surface area (Å²) in [6.45, 7) is 1.68. The third kappa shape index (κ3) is 3.54. The number of aromatic nitrogens is 2. The molecule has 2 rings (SSSR count). The first-order valence-corrected chi connectivity index (χ1v) is 7.92. The van der Waals surface area contributed by atoms with Gasteiger partial charge in [0.2, 0.25) is 10.0 Å². The van der Waals surface area contributed by atoms with Crippen molar-refractivity contribution in [2.45, 2.75) is 19.4 Å². The lowest BCUT2D eigenvalue weighted by Gasteiger charge is -2.30. The molecule has 0 bridgehead atoms. The molecule has 1 N–H and O–H groups in total. The molecule has 1 aliphatic heterocycles. The van der Waals surface area contributed by atoms with Crippen LogP contribution >= 0.6 is 0 Å². The lowest BCUT2D eigenvalue weighted by Crippen LogP contribution is -2.38. The molecule has 8 heteroatoms. The average molecular weight is 287 g/mol. The molecule has 1 aliphatic rings. The molecule has 1 saturated heterocycles. The van der Waals surface area contributed by atoms with Crippen molar-refractivity contribution in [1.82, 2.24) is 14.1 Å². The molecule has 0 spiro atoms. The van der Waals surface area contributed by atoms with Gasteiger partial charge in [-0.2, -0.15) is 5.10 Å². The lowest BCUT2D eigenvalue weighted by molar-refractivity contribution is 0.0696. The van der Waals surface area contributed by atoms with Gasteiger partial charge in [-0.3, -0.25) is 4.68 Å². The number of carbonyl (C=O) groups is 1. The molecule has 0 saturated carbocycles. The summed E-state index contributed by atoms with van der Waals surface area (Å²) in [5, 5.41) is 12.8. The second-order valence-electron chi connectivity index (χ2n) is 4.86. The summed E-state index contributed by atoms with van der Waals surface area (Å²) in [4.78, 5) is 10.7. The lowest BCUT2D eigenvalue weighted by atomic mass is 9.98. The summed E-state index contributed by atoms with van der Waals surface area (Å²) in [6.07, 6.45) is 5.60. The van der Waals surface area contributed by atoms with Crippen LogP contribution in [-0.2, 0) is 16.6 Å². The monoisotopic (exact) mass is 287 g/mol. The molecular formula is C11H17N3O4S. The Balaban J connectivity index is 1.90. The molecule has 106 valence electrons. The number of hydrogen-bond acceptors (Lipinski definition) is 4. The van der Waals surface area contributed by atoms with Crippen molar-refractivity contribution in [3.63, 3.8) is 0 Å². The molecule has 7 nitrogen and oxygen atoms in total. The van der Waals surface area contributed by atoms with Crippen LogP contribution in [0.3, 0.4) is 0 Å². The van der Waals surface area contributed by atoms with E-state index >= 15 is 0 Å². The Hall–Kier alpha value is -1.41. The number of carboxylic acid groups (broad SMARTS) is 1. The van der Waals surface area contributed by atoms with Gasteiger partial charge in [0.15, 0.2) is 0 Å². The molecule has 0 aliphatic carbocycles. The minimum Gasteiger partial charge on any atom is -0.478 e. The highest BCUT2D eigenvalue weighted by Gasteiger charge is 2.25. The number of aromatic carboxylic acids is 1. The van der Waals surface area contributed by atoms with E-state index in [4.69, 9.17) is 5.11 Å². The van der Waals surface area contributed by atoms with Crippen molar-refractivity contribution >= 4 is 16.0 Å². The smallest absolute Gasteiger partial charge is 0.338 e. The maximum absolute atomic E-state index is 11.4. The van der Waals surface area contributed by atoms with E-state index in [0.717, 1.165) is 12.8 Å². The Bertz CT molecular complexity index is 558. The van der Waals surface area contributed by atoms with E-state index in [2.05, 4.69) is 5.10 Å². The Morgan fingerprint density at radius 3 is 2.58 bits per heavy atom. The Labute approximate surface area is 111 Å². The van der Waals surface area contributed by atoms with Crippen molar-refractivity contribution in [2.75, 3.05) is 19.3 Å². The van der Waals surface area contributed by atoms with Gasteiger partial charge in [-0.1, -0.05) is 0 Å². The molecular weight excluding hydrogens is 270 g/mol. The first-order chi connectivity index (χ1) is 8.86. The number of hydrogen-bond donors (Lipinski definition) is 1. The summed E-state index contributed by atoms with van der Waals surface area (Å²) >= 11 is 0. The number of piperidine rings is 1. The highest BCUT2D eigenvalue weighted by molar-refractivity contribution is 7.88. The van der Waals surface area contributed by atoms with E-state index in [1.807, 2.05) is 0 Å². The highest BCUT2D eigenvalue weighted by atomic mass is 32.2. The van der Waals surface area contributed by atoms with Gasteiger partial charge in [-0.05, 0) is 18.8 Å². The van der Waals surface area contributed by atoms with Gasteiger partial charge in [0.05, 0.1) is 18.0 Å². The number of rotatable bonds is 4. The first-order valence-electron chi connectivity index (χ1n) is 6.07. The second kappa shape index (κ2) is 5.30. The molecule has 0 amide bonds. The van der Waals surface area contributed by atoms with Gasteiger partial charge in [-0.15, -0.1) is 0 Å². The normalized spacial score (nSPS) is 18.6. The van der Waals surface area contributed by atoms with E-state index in [1.165, 1.54) is 23.0 Å². The van der Waals surface area contributed by atoms with Crippen LogP contribution in [0.25, 0.3) is 0 Å². The number of nitrogens with zero attached hydrogens (tertiary/aromatic N) is 3. The van der Waals surface area contributed by atoms with Crippen LogP contribution in [0, 0.1) is 5.92 Å². The maximum atomic E-state index is 11.4. The molecule has 0 atom stereocenters. The standard InChI is InChI=1S/C11H17N3O4S/c1-19(17,18)14-4-2-9(3-5-14)7-13-8-10(6-12-13)11(15)16/h6,8-9H,2-5,7H2,1H3,(H,15,16). The fourth-order valence-corrected chi connectivity index (χ4v) is 3.14. The van der Waals surface area contributed by atoms with Crippen LogP contribution in [0.4, 0.5) is 0 Å². The molecule has 0 unspecified atom stereocenters. The molecule has 1 aromatic heterocycles. The molecule has 1 fully saturated rings. The van der Waals surface area contributed by atoms with E-state index < -0.39 is 16.0 Å². The molecule has 2 heterocycles. The van der Waals surface area contributed by atoms with Crippen LogP contribution in [0.2, 0.25) is 0 Å². The van der Waals surface area contributed by atoms with Gasteiger partial charge in [0.1, 0.15) is 0 Å². The maximum Gasteiger partial charge on any atom is 0.338 e. The number of sulfonamides is 1. The predicted octanol–water partition coefficient (Wildman–Crippen LogP) is 0.253. The topological polar surface area (TPSA) is 92.5 Å². The average Bonchev–Trinajstić information content (AvgIpc) is 2.77. The van der Waals surface area contributed by atoms with Crippen molar-refractivity contribution in [2.24, 2.45) is 5.92 Å². The number of carboxylic acids is 1. The SMILES string of the molecule is CS(=O)(=O)N1CCC(Cn2cc(C(=O)O)cn2)CC1. The van der Waals surface area contributed by atoms with Crippen LogP contribution in [0.15, 0.2) is 12.4 Å². The molecule has 0 radical (unpaired) electrons. The van der Waals surface area contributed by atoms with Crippen LogP contribution in [0.5, 0.6) is 0 Å². The fourth-order valence-electron chi connectivity index (χ4n) is 2.26. The summed E-state index contributed by atoms with van der Waals surface area (Å²) < 4.78 is 25.8. The summed E-state index contributed by atoms with van der Waals surface area (Å²) in [5.41, 5.74) is 0.175. The minimum absolute atomic E-state index is 0.175. The molecule has 1 aromatic rings. The van der Waals surface area contributed by atoms with E-state index in [9.17, 15) is 13.2 Å². The van der Waals surface area contributed by atoms with Crippen molar-refractivity contribution in [1.29, 1.82) is 0 Å². The van der Waals surface area contributed by atoms with Crippen LogP contribution in [-0.4, -0.2) is 52.9 Å². The second-order valence-corrected chi connectivity index (χ2v) is 6.84. The van der Waals surface area contributed by atoms with Gasteiger partial charge >= 0.3 is 5.97 Å². The zero-order chi connectivity index (χ0) is 14.0. The molecule has 19 heavy (non-hydrogen) atoms. The third-order valence-corrected chi connectivity index (χ3v) is 4.67. The predicted molar refractivity (Wildman–Crippen MR) is 68.3 cm³/mol. The van der Waals surface area contributed by atoms with Crippen LogP contribution in [0.1, 0.15) is 23.2 Å². The zero-order valence-corrected chi connectivity index (χ0v) is 11.5. The Morgan fingerprint density at radius 2 is 2.11 bits per heavy atom. The van der Waals surface area contributed by atoms with Crippen molar-refractivity contribution in [3.8, 4) is 0 Å². The summed E-state index contributed by atoms with van der Waals surface area (Å²) in [5.74, 6) is -0.655. The first kappa shape index (κ1) is 14.0. The minimum atomic E-state index is -3.10. The van der Waals surface area contributed by atoms with Crippen LogP contribution < -0.4 is 0 Å². The Morgan fingerprint density at radius 1 is 1.47 bits per heavy atom. The Kier molecular flexibility index (Phi) is 3.91. The summed E-state index contributed by atoms with van der Waals surface area (Å²) in [6, 6.07) is 0. The fraction of sp³-hybridized carbons (Fsp3) is 0.636. The van der Waals surface area contributed by atoms with E-state index in [-0.39, 0.29) is 5.56 Å². The zero-order valence-electron chi connectivity index (χ0n) is 10.7. The highest BCUT2D eigenvalue weighted by Crippen LogP contribution is 2.20. The van der Waals surface area contributed by atoms with Gasteiger partial charge < -0.3 is 5.11 Å². The summed E-state index contributed by atoms with van der Waals surface area (Å²) in [7, 11) is -3.10. The van der Waals surface area contributed by atoms with Gasteiger partial charge in [0, 0.05) is 25.8 Å². The molecule has 0 aromatic carbocycles. The quantitative estimate of drug-likeness (QED) is 0.857. The van der Waals surface area contributed by atoms with Gasteiger partial charge in [0.25, 0.3) is 0 Å². The largest absolute Gasteiger partial charge is 0.478 e. The van der Waals surface area contributed by atoms with E-state index in [0.29, 0.717) is 25.6 Å².